The molecule has 0 aliphatic heterocycles. The van der Waals surface area contributed by atoms with Gasteiger partial charge in [-0.25, -0.2) is 0 Å². The summed E-state index contributed by atoms with van der Waals surface area (Å²) in [6, 6.07) is 48.0. The van der Waals surface area contributed by atoms with E-state index in [4.69, 9.17) is 0 Å². The van der Waals surface area contributed by atoms with Crippen LogP contribution >= 0.6 is 0 Å². The molecule has 2 aromatic heterocycles. The zero-order valence-electron chi connectivity index (χ0n) is 29.0. The van der Waals surface area contributed by atoms with E-state index >= 15 is 0 Å². The predicted octanol–water partition coefficient (Wildman–Crippen LogP) is 12.8. The van der Waals surface area contributed by atoms with E-state index < -0.39 is 0 Å². The molecule has 0 radical (unpaired) electrons. The molecule has 7 aromatic carbocycles. The van der Waals surface area contributed by atoms with Crippen molar-refractivity contribution in [1.82, 2.24) is 9.55 Å². The van der Waals surface area contributed by atoms with Gasteiger partial charge in [-0.1, -0.05) is 78.9 Å². The lowest BCUT2D eigenvalue weighted by Gasteiger charge is -2.21. The van der Waals surface area contributed by atoms with Gasteiger partial charge in [0.1, 0.15) is 0 Å². The Bertz CT molecular complexity index is 2840. The first-order valence-corrected chi connectivity index (χ1v) is 17.8. The molecule has 1 aliphatic rings. The van der Waals surface area contributed by atoms with E-state index in [2.05, 4.69) is 165 Å². The number of nitrogens with one attached hydrogen (secondary N) is 1. The number of fused-ring (bicyclic) bond motifs is 10. The summed E-state index contributed by atoms with van der Waals surface area (Å²) in [4.78, 5) is 3.86. The highest BCUT2D eigenvalue weighted by Gasteiger charge is 2.23. The third-order valence-corrected chi connectivity index (χ3v) is 11.5. The monoisotopic (exact) mass is 642 g/mol. The van der Waals surface area contributed by atoms with Gasteiger partial charge in [-0.15, -0.1) is 0 Å². The number of benzene rings is 7. The van der Waals surface area contributed by atoms with Crippen LogP contribution in [0.5, 0.6) is 0 Å². The van der Waals surface area contributed by atoms with Crippen molar-refractivity contribution in [3.63, 3.8) is 0 Å². The van der Waals surface area contributed by atoms with Crippen LogP contribution in [0.3, 0.4) is 0 Å². The number of hydrogen-bond acceptors (Lipinski definition) is 0. The summed E-state index contributed by atoms with van der Waals surface area (Å²) in [5, 5.41) is 5.23. The first-order chi connectivity index (χ1) is 24.4. The van der Waals surface area contributed by atoms with Crippen molar-refractivity contribution < 1.29 is 0 Å². The highest BCUT2D eigenvalue weighted by molar-refractivity contribution is 6.14. The number of para-hydroxylation sites is 1. The molecule has 0 bridgehead atoms. The summed E-state index contributed by atoms with van der Waals surface area (Å²) in [6.07, 6.45) is 2.04. The quantitative estimate of drug-likeness (QED) is 0.198. The summed E-state index contributed by atoms with van der Waals surface area (Å²) < 4.78 is 2.46. The normalized spacial score (nSPS) is 12.6. The van der Waals surface area contributed by atoms with Crippen LogP contribution in [0.2, 0.25) is 0 Å². The maximum Gasteiger partial charge on any atom is 0.0547 e. The average molecular weight is 643 g/mol. The van der Waals surface area contributed by atoms with Crippen LogP contribution in [0.1, 0.15) is 33.4 Å². The van der Waals surface area contributed by atoms with Crippen LogP contribution in [0.4, 0.5) is 0 Å². The zero-order valence-corrected chi connectivity index (χ0v) is 29.0. The van der Waals surface area contributed by atoms with Crippen LogP contribution < -0.4 is 0 Å². The van der Waals surface area contributed by atoms with Crippen molar-refractivity contribution in [2.45, 2.75) is 40.5 Å². The Balaban J connectivity index is 1.17. The van der Waals surface area contributed by atoms with Gasteiger partial charge in [0.2, 0.25) is 0 Å². The van der Waals surface area contributed by atoms with E-state index in [1.165, 1.54) is 116 Å². The van der Waals surface area contributed by atoms with Gasteiger partial charge in [0.05, 0.1) is 16.6 Å². The third-order valence-electron chi connectivity index (χ3n) is 11.5. The molecule has 2 heterocycles. The van der Waals surface area contributed by atoms with E-state index in [1.54, 1.807) is 0 Å². The molecule has 0 amide bonds. The summed E-state index contributed by atoms with van der Waals surface area (Å²) in [5.41, 5.74) is 22.1. The van der Waals surface area contributed by atoms with Gasteiger partial charge in [0.25, 0.3) is 0 Å². The second-order valence-electron chi connectivity index (χ2n) is 14.4. The number of rotatable bonds is 3. The molecule has 0 saturated carbocycles. The van der Waals surface area contributed by atoms with Gasteiger partial charge in [-0.3, -0.25) is 0 Å². The van der Waals surface area contributed by atoms with E-state index in [0.29, 0.717) is 0 Å². The van der Waals surface area contributed by atoms with E-state index in [9.17, 15) is 0 Å². The molecule has 0 atom stereocenters. The van der Waals surface area contributed by atoms with Crippen LogP contribution in [0.25, 0.3) is 82.7 Å². The Labute approximate surface area is 292 Å². The van der Waals surface area contributed by atoms with Crippen molar-refractivity contribution in [3.05, 3.63) is 161 Å². The fraction of sp³-hybridized carbons (Fsp3) is 0.125. The van der Waals surface area contributed by atoms with Crippen LogP contribution in [0, 0.1) is 27.7 Å². The Morgan fingerprint density at radius 3 is 1.82 bits per heavy atom. The Hall–Kier alpha value is -5.86. The second kappa shape index (κ2) is 10.8. The fourth-order valence-corrected chi connectivity index (χ4v) is 8.42. The molecule has 1 N–H and O–H groups in total. The minimum Gasteiger partial charge on any atom is -0.354 e. The lowest BCUT2D eigenvalue weighted by atomic mass is 9.83. The largest absolute Gasteiger partial charge is 0.354 e. The maximum absolute atomic E-state index is 3.86. The molecule has 9 aromatic rings. The van der Waals surface area contributed by atoms with Crippen LogP contribution in [-0.4, -0.2) is 9.55 Å². The second-order valence-corrected chi connectivity index (χ2v) is 14.4. The van der Waals surface area contributed by atoms with Gasteiger partial charge in [-0.2, -0.15) is 0 Å². The SMILES string of the molecule is Cc1ccc(-c2ccc3[nH]c4c5c(ccc4c3c2)-c2cc3c(cc2CC5)c2cc(-c4ccc(C)c(C)c4)ccc2n3-c2ccccc2)cc1C. The minimum atomic E-state index is 1.02. The van der Waals surface area contributed by atoms with Crippen molar-refractivity contribution in [1.29, 1.82) is 0 Å². The molecule has 240 valence electrons. The third kappa shape index (κ3) is 4.34. The van der Waals surface area contributed by atoms with E-state index in [0.717, 1.165) is 12.8 Å². The fourth-order valence-electron chi connectivity index (χ4n) is 8.42. The summed E-state index contributed by atoms with van der Waals surface area (Å²) in [6.45, 7) is 8.77. The number of hydrogen-bond donors (Lipinski definition) is 1. The van der Waals surface area contributed by atoms with E-state index in [1.807, 2.05) is 0 Å². The van der Waals surface area contributed by atoms with Gasteiger partial charge in [-0.05, 0) is 156 Å². The topological polar surface area (TPSA) is 20.7 Å². The number of aryl methyl sites for hydroxylation is 6. The van der Waals surface area contributed by atoms with Crippen LogP contribution in [0.15, 0.2) is 127 Å². The number of aromatic amines is 1. The molecule has 0 fully saturated rings. The highest BCUT2D eigenvalue weighted by atomic mass is 15.0. The molecule has 1 aliphatic carbocycles. The molecule has 0 unspecified atom stereocenters. The number of aromatic nitrogens is 2. The number of H-pyrrole nitrogens is 1. The molecule has 2 nitrogen and oxygen atoms in total. The first-order valence-electron chi connectivity index (χ1n) is 17.8. The Kier molecular flexibility index (Phi) is 6.30. The number of nitrogens with zero attached hydrogens (tertiary/aromatic N) is 1. The lowest BCUT2D eigenvalue weighted by Crippen LogP contribution is -2.05. The summed E-state index contributed by atoms with van der Waals surface area (Å²) in [7, 11) is 0. The zero-order chi connectivity index (χ0) is 33.7. The van der Waals surface area contributed by atoms with Gasteiger partial charge < -0.3 is 9.55 Å². The molecule has 2 heteroatoms. The van der Waals surface area contributed by atoms with Gasteiger partial charge in [0.15, 0.2) is 0 Å². The summed E-state index contributed by atoms with van der Waals surface area (Å²) >= 11 is 0. The Morgan fingerprint density at radius 1 is 0.460 bits per heavy atom. The minimum absolute atomic E-state index is 1.02. The molecule has 0 saturated heterocycles. The van der Waals surface area contributed by atoms with Gasteiger partial charge >= 0.3 is 0 Å². The molecular formula is C48H38N2. The maximum atomic E-state index is 3.86. The summed E-state index contributed by atoms with van der Waals surface area (Å²) in [5.74, 6) is 0. The Morgan fingerprint density at radius 2 is 1.10 bits per heavy atom. The van der Waals surface area contributed by atoms with Crippen molar-refractivity contribution in [3.8, 4) is 39.1 Å². The van der Waals surface area contributed by atoms with Crippen LogP contribution in [-0.2, 0) is 12.8 Å². The molecule has 10 rings (SSSR count). The first kappa shape index (κ1) is 29.1. The molecule has 50 heavy (non-hydrogen) atoms. The molecule has 0 spiro atoms. The van der Waals surface area contributed by atoms with Crippen molar-refractivity contribution in [2.75, 3.05) is 0 Å². The van der Waals surface area contributed by atoms with Gasteiger partial charge in [0, 0.05) is 32.7 Å². The van der Waals surface area contributed by atoms with Crippen molar-refractivity contribution in [2.24, 2.45) is 0 Å². The standard InChI is InChI=1S/C48H38N2/c1-28-10-12-32(22-30(28)3)34-15-20-45-42(24-34)40-19-18-38-39(48(40)49-45)17-14-36-26-44-43-25-35(33-13-11-29(2)31(4)23-33)16-21-46(43)50(47(44)27-41(36)38)37-8-6-5-7-9-37/h5-13,15-16,18-27,49H,14,17H2,1-4H3. The molecular weight excluding hydrogens is 605 g/mol. The average Bonchev–Trinajstić information content (AvgIpc) is 3.68. The highest BCUT2D eigenvalue weighted by Crippen LogP contribution is 2.44. The van der Waals surface area contributed by atoms with Crippen molar-refractivity contribution >= 4 is 43.6 Å². The predicted molar refractivity (Wildman–Crippen MR) is 213 cm³/mol. The van der Waals surface area contributed by atoms with E-state index in [-0.39, 0.29) is 0 Å². The smallest absolute Gasteiger partial charge is 0.0547 e. The lowest BCUT2D eigenvalue weighted by molar-refractivity contribution is 0.950.